The summed E-state index contributed by atoms with van der Waals surface area (Å²) in [6.45, 7) is 7.99. The molecule has 1 aromatic carbocycles. The number of hydrogen-bond donors (Lipinski definition) is 0. The number of aryl methyl sites for hydroxylation is 1. The van der Waals surface area contributed by atoms with Gasteiger partial charge in [0.2, 0.25) is 0 Å². The number of para-hydroxylation sites is 1. The molecule has 15 heavy (non-hydrogen) atoms. The zero-order chi connectivity index (χ0) is 11.5. The zero-order valence-corrected chi connectivity index (χ0v) is 9.83. The van der Waals surface area contributed by atoms with Crippen LogP contribution in [0.2, 0.25) is 0 Å². The molecule has 0 heterocycles. The van der Waals surface area contributed by atoms with Crippen LogP contribution in [0.1, 0.15) is 32.8 Å². The van der Waals surface area contributed by atoms with E-state index >= 15 is 0 Å². The zero-order valence-electron chi connectivity index (χ0n) is 9.83. The topological polar surface area (TPSA) is 26.3 Å². The van der Waals surface area contributed by atoms with Crippen molar-refractivity contribution in [2.45, 2.75) is 34.1 Å². The minimum Gasteiger partial charge on any atom is -0.426 e. The molecule has 0 amide bonds. The van der Waals surface area contributed by atoms with E-state index in [1.807, 2.05) is 52.0 Å². The van der Waals surface area contributed by atoms with E-state index in [0.717, 1.165) is 5.56 Å². The summed E-state index contributed by atoms with van der Waals surface area (Å²) in [5.74, 6) is 0.489. The molecule has 0 aliphatic rings. The van der Waals surface area contributed by atoms with Gasteiger partial charge in [0, 0.05) is 0 Å². The highest BCUT2D eigenvalue weighted by Gasteiger charge is 2.17. The second-order valence-corrected chi connectivity index (χ2v) is 4.98. The Morgan fingerprint density at radius 1 is 1.27 bits per heavy atom. The largest absolute Gasteiger partial charge is 0.426 e. The van der Waals surface area contributed by atoms with Crippen LogP contribution in [0.5, 0.6) is 5.75 Å². The molecule has 0 aliphatic heterocycles. The predicted octanol–water partition coefficient (Wildman–Crippen LogP) is 3.34. The van der Waals surface area contributed by atoms with Gasteiger partial charge in [0.15, 0.2) is 0 Å². The second-order valence-electron chi connectivity index (χ2n) is 4.98. The lowest BCUT2D eigenvalue weighted by Crippen LogP contribution is -2.17. The summed E-state index contributed by atoms with van der Waals surface area (Å²) in [5, 5.41) is 0. The standard InChI is InChI=1S/C13H18O2/c1-10-7-5-6-8-11(10)15-12(14)9-13(2,3)4/h5-8H,9H2,1-4H3. The lowest BCUT2D eigenvalue weighted by Gasteiger charge is -2.16. The Hall–Kier alpha value is -1.31. The lowest BCUT2D eigenvalue weighted by molar-refractivity contribution is -0.136. The number of rotatable bonds is 2. The summed E-state index contributed by atoms with van der Waals surface area (Å²) in [5.41, 5.74) is 0.958. The first-order chi connectivity index (χ1) is 6.88. The average molecular weight is 206 g/mol. The van der Waals surface area contributed by atoms with Crippen molar-refractivity contribution in [3.63, 3.8) is 0 Å². The molecule has 2 nitrogen and oxygen atoms in total. The number of esters is 1. The van der Waals surface area contributed by atoms with E-state index in [0.29, 0.717) is 12.2 Å². The molecular formula is C13H18O2. The highest BCUT2D eigenvalue weighted by Crippen LogP contribution is 2.22. The Morgan fingerprint density at radius 2 is 1.87 bits per heavy atom. The summed E-state index contributed by atoms with van der Waals surface area (Å²) in [4.78, 5) is 11.6. The van der Waals surface area contributed by atoms with Crippen molar-refractivity contribution >= 4 is 5.97 Å². The van der Waals surface area contributed by atoms with Gasteiger partial charge in [0.05, 0.1) is 6.42 Å². The van der Waals surface area contributed by atoms with E-state index in [4.69, 9.17) is 4.74 Å². The predicted molar refractivity (Wildman–Crippen MR) is 60.9 cm³/mol. The van der Waals surface area contributed by atoms with Gasteiger partial charge in [0.1, 0.15) is 5.75 Å². The van der Waals surface area contributed by atoms with Crippen molar-refractivity contribution in [2.24, 2.45) is 5.41 Å². The summed E-state index contributed by atoms with van der Waals surface area (Å²) in [6, 6.07) is 7.54. The molecule has 0 bridgehead atoms. The molecule has 1 aromatic rings. The summed E-state index contributed by atoms with van der Waals surface area (Å²) in [7, 11) is 0. The fourth-order valence-corrected chi connectivity index (χ4v) is 1.26. The third-order valence-electron chi connectivity index (χ3n) is 1.99. The first-order valence-corrected chi connectivity index (χ1v) is 5.15. The van der Waals surface area contributed by atoms with Crippen LogP contribution in [-0.2, 0) is 4.79 Å². The van der Waals surface area contributed by atoms with Gasteiger partial charge in [-0.15, -0.1) is 0 Å². The molecule has 0 aromatic heterocycles. The molecule has 2 heteroatoms. The number of carbonyl (C=O) groups excluding carboxylic acids is 1. The van der Waals surface area contributed by atoms with E-state index in [1.165, 1.54) is 0 Å². The Kier molecular flexibility index (Phi) is 3.51. The van der Waals surface area contributed by atoms with Crippen LogP contribution < -0.4 is 4.74 Å². The lowest BCUT2D eigenvalue weighted by atomic mass is 9.92. The number of hydrogen-bond acceptors (Lipinski definition) is 2. The third-order valence-corrected chi connectivity index (χ3v) is 1.99. The molecule has 0 N–H and O–H groups in total. The number of carbonyl (C=O) groups is 1. The molecule has 1 rings (SSSR count). The van der Waals surface area contributed by atoms with E-state index < -0.39 is 0 Å². The molecule has 0 saturated heterocycles. The van der Waals surface area contributed by atoms with Crippen molar-refractivity contribution in [2.75, 3.05) is 0 Å². The van der Waals surface area contributed by atoms with Gasteiger partial charge in [-0.25, -0.2) is 0 Å². The van der Waals surface area contributed by atoms with E-state index in [2.05, 4.69) is 0 Å². The van der Waals surface area contributed by atoms with Crippen molar-refractivity contribution in [3.05, 3.63) is 29.8 Å². The Labute approximate surface area is 91.3 Å². The minimum absolute atomic E-state index is 0.0280. The van der Waals surface area contributed by atoms with Crippen LogP contribution in [0.4, 0.5) is 0 Å². The maximum Gasteiger partial charge on any atom is 0.311 e. The average Bonchev–Trinajstić information content (AvgIpc) is 2.05. The van der Waals surface area contributed by atoms with Crippen molar-refractivity contribution in [1.82, 2.24) is 0 Å². The van der Waals surface area contributed by atoms with Crippen LogP contribution in [0.25, 0.3) is 0 Å². The first-order valence-electron chi connectivity index (χ1n) is 5.15. The van der Waals surface area contributed by atoms with Gasteiger partial charge in [0.25, 0.3) is 0 Å². The SMILES string of the molecule is Cc1ccccc1OC(=O)CC(C)(C)C. The normalized spacial score (nSPS) is 11.2. The Balaban J connectivity index is 2.64. The van der Waals surface area contributed by atoms with Crippen LogP contribution in [0.3, 0.4) is 0 Å². The molecule has 82 valence electrons. The monoisotopic (exact) mass is 206 g/mol. The summed E-state index contributed by atoms with van der Waals surface area (Å²) >= 11 is 0. The molecule has 0 unspecified atom stereocenters. The van der Waals surface area contributed by atoms with Crippen molar-refractivity contribution < 1.29 is 9.53 Å². The Morgan fingerprint density at radius 3 is 2.40 bits per heavy atom. The van der Waals surface area contributed by atoms with Crippen molar-refractivity contribution in [1.29, 1.82) is 0 Å². The van der Waals surface area contributed by atoms with Crippen molar-refractivity contribution in [3.8, 4) is 5.75 Å². The second kappa shape index (κ2) is 4.47. The van der Waals surface area contributed by atoms with Gasteiger partial charge >= 0.3 is 5.97 Å². The van der Waals surface area contributed by atoms with Crippen LogP contribution >= 0.6 is 0 Å². The fraction of sp³-hybridized carbons (Fsp3) is 0.462. The molecular weight excluding hydrogens is 188 g/mol. The third kappa shape index (κ3) is 4.15. The van der Waals surface area contributed by atoms with E-state index in [9.17, 15) is 4.79 Å². The van der Waals surface area contributed by atoms with Gasteiger partial charge in [-0.3, -0.25) is 4.79 Å². The van der Waals surface area contributed by atoms with E-state index in [1.54, 1.807) is 0 Å². The molecule has 0 saturated carbocycles. The number of benzene rings is 1. The molecule has 0 atom stereocenters. The first kappa shape index (κ1) is 11.8. The number of ether oxygens (including phenoxy) is 1. The summed E-state index contributed by atoms with van der Waals surface area (Å²) in [6.07, 6.45) is 0.432. The molecule has 0 spiro atoms. The summed E-state index contributed by atoms with van der Waals surface area (Å²) < 4.78 is 5.28. The highest BCUT2D eigenvalue weighted by molar-refractivity contribution is 5.73. The minimum atomic E-state index is -0.170. The maximum absolute atomic E-state index is 11.6. The molecule has 0 aliphatic carbocycles. The highest BCUT2D eigenvalue weighted by atomic mass is 16.5. The maximum atomic E-state index is 11.6. The fourth-order valence-electron chi connectivity index (χ4n) is 1.26. The quantitative estimate of drug-likeness (QED) is 0.548. The van der Waals surface area contributed by atoms with Gasteiger partial charge in [-0.05, 0) is 24.0 Å². The van der Waals surface area contributed by atoms with Gasteiger partial charge in [-0.1, -0.05) is 39.0 Å². The molecule has 0 radical (unpaired) electrons. The van der Waals surface area contributed by atoms with Crippen LogP contribution in [-0.4, -0.2) is 5.97 Å². The van der Waals surface area contributed by atoms with Crippen LogP contribution in [0, 0.1) is 12.3 Å². The van der Waals surface area contributed by atoms with Crippen LogP contribution in [0.15, 0.2) is 24.3 Å². The van der Waals surface area contributed by atoms with Gasteiger partial charge in [-0.2, -0.15) is 0 Å². The smallest absolute Gasteiger partial charge is 0.311 e. The van der Waals surface area contributed by atoms with E-state index in [-0.39, 0.29) is 11.4 Å². The van der Waals surface area contributed by atoms with Gasteiger partial charge < -0.3 is 4.74 Å². The molecule has 0 fully saturated rings. The Bertz CT molecular complexity index is 348.